The molecule has 0 saturated heterocycles. The van der Waals surface area contributed by atoms with Crippen molar-refractivity contribution in [1.29, 1.82) is 0 Å². The fourth-order valence-corrected chi connectivity index (χ4v) is 4.55. The van der Waals surface area contributed by atoms with Gasteiger partial charge in [0.15, 0.2) is 0 Å². The van der Waals surface area contributed by atoms with Crippen LogP contribution in [0.2, 0.25) is 0 Å². The van der Waals surface area contributed by atoms with E-state index in [1.54, 1.807) is 0 Å². The van der Waals surface area contributed by atoms with Gasteiger partial charge in [0.25, 0.3) is 0 Å². The number of hydrogen-bond donors (Lipinski definition) is 0. The van der Waals surface area contributed by atoms with Crippen LogP contribution >= 0.6 is 0 Å². The molecule has 2 aliphatic rings. The van der Waals surface area contributed by atoms with Crippen LogP contribution in [0.3, 0.4) is 0 Å². The second kappa shape index (κ2) is 3.62. The molecule has 16 heavy (non-hydrogen) atoms. The van der Waals surface area contributed by atoms with Crippen molar-refractivity contribution in [1.82, 2.24) is 0 Å². The Morgan fingerprint density at radius 2 is 1.75 bits per heavy atom. The van der Waals surface area contributed by atoms with Crippen LogP contribution in [-0.2, 0) is 0 Å². The topological polar surface area (TPSA) is 0 Å². The van der Waals surface area contributed by atoms with E-state index in [1.807, 2.05) is 0 Å². The summed E-state index contributed by atoms with van der Waals surface area (Å²) < 4.78 is 0. The minimum absolute atomic E-state index is 0.473. The summed E-state index contributed by atoms with van der Waals surface area (Å²) in [5, 5.41) is 0. The Kier molecular flexibility index (Phi) is 2.76. The zero-order valence-corrected chi connectivity index (χ0v) is 11.8. The highest BCUT2D eigenvalue weighted by Crippen LogP contribution is 2.73. The van der Waals surface area contributed by atoms with Gasteiger partial charge in [0, 0.05) is 0 Å². The molecule has 0 heterocycles. The Balaban J connectivity index is 2.25. The van der Waals surface area contributed by atoms with E-state index in [2.05, 4.69) is 41.2 Å². The monoisotopic (exact) mass is 220 g/mol. The van der Waals surface area contributed by atoms with Gasteiger partial charge in [0.05, 0.1) is 0 Å². The standard InChI is InChI=1S/C16H28/c1-11(2)16(10-15(16,5)6)14-9-12(3)7-8-13(14)4/h12-14H,1,7-10H2,2-6H3. The Hall–Kier alpha value is -0.260. The summed E-state index contributed by atoms with van der Waals surface area (Å²) in [6, 6.07) is 0. The molecule has 0 amide bonds. The molecule has 2 aliphatic carbocycles. The van der Waals surface area contributed by atoms with Crippen molar-refractivity contribution >= 4 is 0 Å². The Morgan fingerprint density at radius 1 is 1.19 bits per heavy atom. The van der Waals surface area contributed by atoms with E-state index in [-0.39, 0.29) is 0 Å². The molecule has 0 heteroatoms. The maximum Gasteiger partial charge on any atom is -0.000587 e. The van der Waals surface area contributed by atoms with Gasteiger partial charge in [-0.2, -0.15) is 0 Å². The van der Waals surface area contributed by atoms with Crippen LogP contribution in [0.25, 0.3) is 0 Å². The van der Waals surface area contributed by atoms with Gasteiger partial charge in [-0.05, 0) is 48.3 Å². The van der Waals surface area contributed by atoms with Crippen LogP contribution < -0.4 is 0 Å². The Morgan fingerprint density at radius 3 is 2.19 bits per heavy atom. The van der Waals surface area contributed by atoms with Gasteiger partial charge >= 0.3 is 0 Å². The van der Waals surface area contributed by atoms with E-state index >= 15 is 0 Å². The summed E-state index contributed by atoms with van der Waals surface area (Å²) in [6.07, 6.45) is 5.66. The van der Waals surface area contributed by atoms with E-state index < -0.39 is 0 Å². The predicted molar refractivity (Wildman–Crippen MR) is 71.3 cm³/mol. The third kappa shape index (κ3) is 1.57. The average molecular weight is 220 g/mol. The normalized spacial score (nSPS) is 46.4. The minimum Gasteiger partial charge on any atom is -0.0995 e. The molecule has 4 atom stereocenters. The SMILES string of the molecule is C=C(C)C1(C2CC(C)CCC2C)CC1(C)C. The molecule has 0 aromatic carbocycles. The predicted octanol–water partition coefficient (Wildman–Crippen LogP) is 5.05. The van der Waals surface area contributed by atoms with Gasteiger partial charge in [0.2, 0.25) is 0 Å². The van der Waals surface area contributed by atoms with Crippen molar-refractivity contribution in [2.75, 3.05) is 0 Å². The molecule has 0 bridgehead atoms. The summed E-state index contributed by atoms with van der Waals surface area (Å²) in [5.74, 6) is 2.72. The highest BCUT2D eigenvalue weighted by Gasteiger charge is 2.66. The first-order valence-electron chi connectivity index (χ1n) is 6.97. The average Bonchev–Trinajstić information content (AvgIpc) is 2.75. The van der Waals surface area contributed by atoms with Gasteiger partial charge in [-0.15, -0.1) is 0 Å². The van der Waals surface area contributed by atoms with Crippen molar-refractivity contribution in [3.05, 3.63) is 12.2 Å². The van der Waals surface area contributed by atoms with E-state index in [0.717, 1.165) is 17.8 Å². The van der Waals surface area contributed by atoms with E-state index in [1.165, 1.54) is 31.3 Å². The van der Waals surface area contributed by atoms with Crippen molar-refractivity contribution in [2.24, 2.45) is 28.6 Å². The van der Waals surface area contributed by atoms with Crippen molar-refractivity contribution < 1.29 is 0 Å². The molecule has 2 rings (SSSR count). The second-order valence-electron chi connectivity index (χ2n) is 7.31. The fraction of sp³-hybridized carbons (Fsp3) is 0.875. The zero-order valence-electron chi connectivity index (χ0n) is 11.8. The van der Waals surface area contributed by atoms with E-state index in [9.17, 15) is 0 Å². The fourth-order valence-electron chi connectivity index (χ4n) is 4.55. The van der Waals surface area contributed by atoms with Crippen LogP contribution in [0, 0.1) is 28.6 Å². The highest BCUT2D eigenvalue weighted by atomic mass is 14.7. The molecule has 2 saturated carbocycles. The largest absolute Gasteiger partial charge is 0.0995 e. The summed E-state index contributed by atoms with van der Waals surface area (Å²) >= 11 is 0. The molecule has 2 fully saturated rings. The summed E-state index contributed by atoms with van der Waals surface area (Å²) in [6.45, 7) is 16.4. The van der Waals surface area contributed by atoms with Crippen LogP contribution in [0.5, 0.6) is 0 Å². The second-order valence-corrected chi connectivity index (χ2v) is 7.31. The molecule has 0 aromatic heterocycles. The lowest BCUT2D eigenvalue weighted by Gasteiger charge is -2.41. The van der Waals surface area contributed by atoms with E-state index in [0.29, 0.717) is 10.8 Å². The van der Waals surface area contributed by atoms with Crippen LogP contribution in [0.15, 0.2) is 12.2 Å². The van der Waals surface area contributed by atoms with Crippen molar-refractivity contribution in [3.8, 4) is 0 Å². The maximum absolute atomic E-state index is 4.32. The molecule has 0 spiro atoms. The van der Waals surface area contributed by atoms with Crippen molar-refractivity contribution in [3.63, 3.8) is 0 Å². The van der Waals surface area contributed by atoms with Crippen molar-refractivity contribution in [2.45, 2.75) is 60.3 Å². The maximum atomic E-state index is 4.32. The molecule has 0 N–H and O–H groups in total. The summed E-state index contributed by atoms with van der Waals surface area (Å²) in [4.78, 5) is 0. The quantitative estimate of drug-likeness (QED) is 0.571. The first-order chi connectivity index (χ1) is 7.31. The van der Waals surface area contributed by atoms with Crippen LogP contribution in [0.1, 0.15) is 60.3 Å². The third-order valence-corrected chi connectivity index (χ3v) is 5.66. The highest BCUT2D eigenvalue weighted by molar-refractivity contribution is 5.28. The van der Waals surface area contributed by atoms with Gasteiger partial charge < -0.3 is 0 Å². The number of hydrogen-bond acceptors (Lipinski definition) is 0. The van der Waals surface area contributed by atoms with E-state index in [4.69, 9.17) is 0 Å². The molecule has 92 valence electrons. The van der Waals surface area contributed by atoms with Gasteiger partial charge in [0.1, 0.15) is 0 Å². The Bertz CT molecular complexity index is 299. The molecule has 0 aromatic rings. The molecule has 0 aliphatic heterocycles. The molecule has 0 radical (unpaired) electrons. The molecule has 4 unspecified atom stereocenters. The van der Waals surface area contributed by atoms with Gasteiger partial charge in [-0.25, -0.2) is 0 Å². The lowest BCUT2D eigenvalue weighted by atomic mass is 9.64. The lowest BCUT2D eigenvalue weighted by molar-refractivity contribution is 0.121. The molecular weight excluding hydrogens is 192 g/mol. The summed E-state index contributed by atoms with van der Waals surface area (Å²) in [7, 11) is 0. The van der Waals surface area contributed by atoms with Crippen LogP contribution in [0.4, 0.5) is 0 Å². The third-order valence-electron chi connectivity index (χ3n) is 5.66. The van der Waals surface area contributed by atoms with Gasteiger partial charge in [-0.3, -0.25) is 0 Å². The number of allylic oxidation sites excluding steroid dienone is 1. The molecular formula is C16H28. The smallest absolute Gasteiger partial charge is 0.000587 e. The summed E-state index contributed by atoms with van der Waals surface area (Å²) in [5.41, 5.74) is 2.43. The van der Waals surface area contributed by atoms with Crippen LogP contribution in [-0.4, -0.2) is 0 Å². The Labute approximate surface area is 102 Å². The number of rotatable bonds is 2. The zero-order chi connectivity index (χ0) is 12.1. The van der Waals surface area contributed by atoms with Gasteiger partial charge in [-0.1, -0.05) is 52.7 Å². The first-order valence-corrected chi connectivity index (χ1v) is 6.97. The molecule has 0 nitrogen and oxygen atoms in total. The first kappa shape index (κ1) is 12.2. The lowest BCUT2D eigenvalue weighted by Crippen LogP contribution is -2.32. The minimum atomic E-state index is 0.473.